The second kappa shape index (κ2) is 3.54. The predicted octanol–water partition coefficient (Wildman–Crippen LogP) is 4.31. The van der Waals surface area contributed by atoms with Crippen LogP contribution >= 0.6 is 0 Å². The van der Waals surface area contributed by atoms with Crippen LogP contribution in [-0.4, -0.2) is 4.98 Å². The number of hydrogen-bond acceptors (Lipinski definition) is 0. The van der Waals surface area contributed by atoms with Crippen molar-refractivity contribution < 1.29 is 13.2 Å². The lowest BCUT2D eigenvalue weighted by Gasteiger charge is -2.10. The lowest BCUT2D eigenvalue weighted by atomic mass is 10.0. The lowest BCUT2D eigenvalue weighted by Crippen LogP contribution is -2.08. The zero-order valence-corrected chi connectivity index (χ0v) is 9.02. The van der Waals surface area contributed by atoms with Gasteiger partial charge in [-0.1, -0.05) is 32.0 Å². The molecule has 4 heteroatoms. The van der Waals surface area contributed by atoms with Crippen LogP contribution in [0.1, 0.15) is 31.0 Å². The largest absolute Gasteiger partial charge is 0.418 e. The van der Waals surface area contributed by atoms with E-state index in [1.165, 1.54) is 6.07 Å². The van der Waals surface area contributed by atoms with Gasteiger partial charge in [0.2, 0.25) is 0 Å². The summed E-state index contributed by atoms with van der Waals surface area (Å²) in [5.74, 6) is -0.177. The van der Waals surface area contributed by atoms with Crippen LogP contribution in [0.15, 0.2) is 24.3 Å². The Balaban J connectivity index is 2.80. The maximum atomic E-state index is 13.0. The first-order chi connectivity index (χ1) is 7.41. The standard InChI is InChI=1S/C12H12F3N/c1-7(2)11-10(12(13,14)15)8-5-3-4-6-9(8)16-11/h3-7,16H,1-2H3. The number of alkyl halides is 3. The van der Waals surface area contributed by atoms with Crippen LogP contribution in [0.4, 0.5) is 13.2 Å². The van der Waals surface area contributed by atoms with Crippen molar-refractivity contribution in [1.82, 2.24) is 4.98 Å². The summed E-state index contributed by atoms with van der Waals surface area (Å²) in [6, 6.07) is 6.51. The Bertz CT molecular complexity index is 508. The van der Waals surface area contributed by atoms with Crippen LogP contribution in [0.3, 0.4) is 0 Å². The molecule has 1 N–H and O–H groups in total. The van der Waals surface area contributed by atoms with E-state index in [-0.39, 0.29) is 17.0 Å². The van der Waals surface area contributed by atoms with Crippen molar-refractivity contribution in [2.75, 3.05) is 0 Å². The Hall–Kier alpha value is -1.45. The fraction of sp³-hybridized carbons (Fsp3) is 0.333. The maximum absolute atomic E-state index is 13.0. The maximum Gasteiger partial charge on any atom is 0.418 e. The Morgan fingerprint density at radius 3 is 2.31 bits per heavy atom. The van der Waals surface area contributed by atoms with Gasteiger partial charge in [0.05, 0.1) is 5.56 Å². The molecule has 0 fully saturated rings. The lowest BCUT2D eigenvalue weighted by molar-refractivity contribution is -0.137. The molecular weight excluding hydrogens is 215 g/mol. The van der Waals surface area contributed by atoms with E-state index in [0.717, 1.165) is 0 Å². The molecule has 0 unspecified atom stereocenters. The number of para-hydroxylation sites is 1. The van der Waals surface area contributed by atoms with Crippen molar-refractivity contribution in [2.24, 2.45) is 0 Å². The molecule has 2 aromatic rings. The van der Waals surface area contributed by atoms with Crippen molar-refractivity contribution in [2.45, 2.75) is 25.9 Å². The predicted molar refractivity (Wildman–Crippen MR) is 57.4 cm³/mol. The number of halogens is 3. The minimum absolute atomic E-state index is 0.177. The number of fused-ring (bicyclic) bond motifs is 1. The van der Waals surface area contributed by atoms with E-state index in [2.05, 4.69) is 4.98 Å². The van der Waals surface area contributed by atoms with E-state index < -0.39 is 11.7 Å². The SMILES string of the molecule is CC(C)c1[nH]c2ccccc2c1C(F)(F)F. The van der Waals surface area contributed by atoms with Gasteiger partial charge < -0.3 is 4.98 Å². The molecule has 0 spiro atoms. The van der Waals surface area contributed by atoms with E-state index in [4.69, 9.17) is 0 Å². The van der Waals surface area contributed by atoms with Gasteiger partial charge >= 0.3 is 6.18 Å². The summed E-state index contributed by atoms with van der Waals surface area (Å²) in [5, 5.41) is 0.249. The average Bonchev–Trinajstić information content (AvgIpc) is 2.55. The van der Waals surface area contributed by atoms with Crippen LogP contribution in [0, 0.1) is 0 Å². The van der Waals surface area contributed by atoms with Gasteiger partial charge in [-0.25, -0.2) is 0 Å². The van der Waals surface area contributed by atoms with E-state index in [1.807, 2.05) is 0 Å². The first-order valence-corrected chi connectivity index (χ1v) is 5.09. The van der Waals surface area contributed by atoms with Crippen LogP contribution in [0.5, 0.6) is 0 Å². The molecule has 0 bridgehead atoms. The molecule has 0 aliphatic heterocycles. The highest BCUT2D eigenvalue weighted by Crippen LogP contribution is 2.39. The smallest absolute Gasteiger partial charge is 0.358 e. The summed E-state index contributed by atoms with van der Waals surface area (Å²) in [6.07, 6.45) is -4.31. The van der Waals surface area contributed by atoms with Gasteiger partial charge in [-0.15, -0.1) is 0 Å². The summed E-state index contributed by atoms with van der Waals surface area (Å²) < 4.78 is 38.9. The van der Waals surface area contributed by atoms with Crippen molar-refractivity contribution >= 4 is 10.9 Å². The Kier molecular flexibility index (Phi) is 2.45. The molecule has 86 valence electrons. The summed E-state index contributed by atoms with van der Waals surface area (Å²) in [5.41, 5.74) is 0.269. The van der Waals surface area contributed by atoms with Crippen LogP contribution in [-0.2, 0) is 6.18 Å². The molecule has 0 aliphatic carbocycles. The summed E-state index contributed by atoms with van der Waals surface area (Å²) >= 11 is 0. The van der Waals surface area contributed by atoms with E-state index >= 15 is 0 Å². The number of aromatic nitrogens is 1. The van der Waals surface area contributed by atoms with E-state index in [0.29, 0.717) is 5.52 Å². The molecule has 0 amide bonds. The van der Waals surface area contributed by atoms with E-state index in [1.54, 1.807) is 32.0 Å². The summed E-state index contributed by atoms with van der Waals surface area (Å²) in [4.78, 5) is 2.85. The quantitative estimate of drug-likeness (QED) is 0.747. The average molecular weight is 227 g/mol. The van der Waals surface area contributed by atoms with Gasteiger partial charge in [0.25, 0.3) is 0 Å². The summed E-state index contributed by atoms with van der Waals surface area (Å²) in [6.45, 7) is 3.50. The van der Waals surface area contributed by atoms with Gasteiger partial charge in [-0.3, -0.25) is 0 Å². The first kappa shape index (κ1) is 11.0. The van der Waals surface area contributed by atoms with Crippen molar-refractivity contribution in [1.29, 1.82) is 0 Å². The molecule has 0 aliphatic rings. The molecular formula is C12H12F3N. The molecule has 2 rings (SSSR count). The molecule has 0 atom stereocenters. The monoisotopic (exact) mass is 227 g/mol. The van der Waals surface area contributed by atoms with Gasteiger partial charge in [0, 0.05) is 16.6 Å². The molecule has 0 saturated carbocycles. The van der Waals surface area contributed by atoms with Crippen LogP contribution in [0.2, 0.25) is 0 Å². The number of hydrogen-bond donors (Lipinski definition) is 1. The third kappa shape index (κ3) is 1.68. The van der Waals surface area contributed by atoms with E-state index in [9.17, 15) is 13.2 Å². The normalized spacial score (nSPS) is 12.6. The van der Waals surface area contributed by atoms with Gasteiger partial charge in [-0.2, -0.15) is 13.2 Å². The summed E-state index contributed by atoms with van der Waals surface area (Å²) in [7, 11) is 0. The third-order valence-corrected chi connectivity index (χ3v) is 2.60. The van der Waals surface area contributed by atoms with Gasteiger partial charge in [0.15, 0.2) is 0 Å². The molecule has 0 radical (unpaired) electrons. The van der Waals surface area contributed by atoms with Crippen molar-refractivity contribution in [3.05, 3.63) is 35.5 Å². The highest BCUT2D eigenvalue weighted by molar-refractivity contribution is 5.85. The molecule has 0 saturated heterocycles. The third-order valence-electron chi connectivity index (χ3n) is 2.60. The van der Waals surface area contributed by atoms with Gasteiger partial charge in [-0.05, 0) is 12.0 Å². The fourth-order valence-electron chi connectivity index (χ4n) is 1.90. The molecule has 16 heavy (non-hydrogen) atoms. The van der Waals surface area contributed by atoms with Crippen molar-refractivity contribution in [3.8, 4) is 0 Å². The second-order valence-electron chi connectivity index (χ2n) is 4.11. The molecule has 1 aromatic carbocycles. The highest BCUT2D eigenvalue weighted by Gasteiger charge is 2.37. The topological polar surface area (TPSA) is 15.8 Å². The number of aromatic amines is 1. The Labute approximate surface area is 91.3 Å². The first-order valence-electron chi connectivity index (χ1n) is 5.09. The minimum Gasteiger partial charge on any atom is -0.358 e. The number of nitrogens with one attached hydrogen (secondary N) is 1. The number of benzene rings is 1. The molecule has 1 heterocycles. The second-order valence-corrected chi connectivity index (χ2v) is 4.11. The van der Waals surface area contributed by atoms with Crippen LogP contribution < -0.4 is 0 Å². The van der Waals surface area contributed by atoms with Gasteiger partial charge in [0.1, 0.15) is 0 Å². The number of rotatable bonds is 1. The van der Waals surface area contributed by atoms with Crippen molar-refractivity contribution in [3.63, 3.8) is 0 Å². The van der Waals surface area contributed by atoms with Crippen LogP contribution in [0.25, 0.3) is 10.9 Å². The Morgan fingerprint density at radius 2 is 1.75 bits per heavy atom. The Morgan fingerprint density at radius 1 is 1.12 bits per heavy atom. The zero-order chi connectivity index (χ0) is 11.9. The molecule has 1 nitrogen and oxygen atoms in total. The minimum atomic E-state index is -4.31. The fourth-order valence-corrected chi connectivity index (χ4v) is 1.90. The highest BCUT2D eigenvalue weighted by atomic mass is 19.4. The number of H-pyrrole nitrogens is 1. The zero-order valence-electron chi connectivity index (χ0n) is 9.02. The molecule has 1 aromatic heterocycles.